The molecule has 1 saturated carbocycles. The number of nitrogens with zero attached hydrogens (tertiary/aromatic N) is 3. The molecule has 4 rings (SSSR count). The van der Waals surface area contributed by atoms with Crippen molar-refractivity contribution in [2.75, 3.05) is 13.1 Å². The van der Waals surface area contributed by atoms with Gasteiger partial charge in [-0.25, -0.2) is 27.1 Å². The molecular weight excluding hydrogens is 442 g/mol. The molecule has 0 spiro atoms. The van der Waals surface area contributed by atoms with E-state index in [4.69, 9.17) is 10.9 Å². The van der Waals surface area contributed by atoms with Crippen LogP contribution >= 0.6 is 0 Å². The Morgan fingerprint density at radius 1 is 0.968 bits per heavy atom. The second-order valence-electron chi connectivity index (χ2n) is 8.26. The third kappa shape index (κ3) is 4.37. The minimum Gasteiger partial charge on any atom is -0.328 e. The minimum absolute atomic E-state index is 0.00367. The SMILES string of the molecule is NS(=O)(=O)c1c(S(=O)(=O)C2CCNCC2)ccc([C@H]2CC[C@@H](N)CC2)c1-c1nnn[nH]1. The van der Waals surface area contributed by atoms with Gasteiger partial charge < -0.3 is 11.1 Å². The second kappa shape index (κ2) is 8.54. The maximum absolute atomic E-state index is 13.5. The van der Waals surface area contributed by atoms with Gasteiger partial charge in [0.25, 0.3) is 0 Å². The smallest absolute Gasteiger partial charge is 0.240 e. The molecule has 1 aliphatic heterocycles. The lowest BCUT2D eigenvalue weighted by Crippen LogP contribution is -2.36. The first-order valence-electron chi connectivity index (χ1n) is 10.3. The Hall–Kier alpha value is -1.93. The molecule has 2 fully saturated rings. The van der Waals surface area contributed by atoms with Gasteiger partial charge in [0.2, 0.25) is 10.0 Å². The van der Waals surface area contributed by atoms with E-state index in [-0.39, 0.29) is 28.2 Å². The number of primary sulfonamides is 1. The average Bonchev–Trinajstić information content (AvgIpc) is 3.28. The molecule has 0 amide bonds. The molecule has 0 unspecified atom stereocenters. The number of sulfonamides is 1. The van der Waals surface area contributed by atoms with Gasteiger partial charge >= 0.3 is 0 Å². The van der Waals surface area contributed by atoms with Crippen LogP contribution in [0.15, 0.2) is 21.9 Å². The Labute approximate surface area is 181 Å². The summed E-state index contributed by atoms with van der Waals surface area (Å²) in [6.07, 6.45) is 3.87. The second-order valence-corrected chi connectivity index (χ2v) is 12.0. The van der Waals surface area contributed by atoms with Gasteiger partial charge in [-0.05, 0) is 79.6 Å². The van der Waals surface area contributed by atoms with Gasteiger partial charge in [-0.1, -0.05) is 6.07 Å². The molecule has 1 aromatic carbocycles. The molecule has 1 aliphatic carbocycles. The zero-order valence-corrected chi connectivity index (χ0v) is 18.6. The Bertz CT molecular complexity index is 1140. The van der Waals surface area contributed by atoms with E-state index in [1.165, 1.54) is 6.07 Å². The number of piperidine rings is 1. The van der Waals surface area contributed by atoms with Crippen molar-refractivity contribution in [1.29, 1.82) is 0 Å². The molecule has 1 saturated heterocycles. The fourth-order valence-electron chi connectivity index (χ4n) is 4.65. The van der Waals surface area contributed by atoms with E-state index in [1.807, 2.05) is 0 Å². The van der Waals surface area contributed by atoms with Gasteiger partial charge in [0, 0.05) is 11.6 Å². The largest absolute Gasteiger partial charge is 0.328 e. The van der Waals surface area contributed by atoms with E-state index in [2.05, 4.69) is 25.9 Å². The van der Waals surface area contributed by atoms with Gasteiger partial charge in [0.15, 0.2) is 15.7 Å². The highest BCUT2D eigenvalue weighted by molar-refractivity contribution is 7.94. The third-order valence-electron chi connectivity index (χ3n) is 6.26. The molecule has 31 heavy (non-hydrogen) atoms. The van der Waals surface area contributed by atoms with E-state index in [9.17, 15) is 16.8 Å². The van der Waals surface area contributed by atoms with E-state index in [0.717, 1.165) is 25.7 Å². The summed E-state index contributed by atoms with van der Waals surface area (Å²) >= 11 is 0. The van der Waals surface area contributed by atoms with Crippen molar-refractivity contribution in [3.05, 3.63) is 17.7 Å². The van der Waals surface area contributed by atoms with Crippen molar-refractivity contribution >= 4 is 19.9 Å². The van der Waals surface area contributed by atoms with Crippen LogP contribution < -0.4 is 16.2 Å². The molecule has 1 aromatic heterocycles. The van der Waals surface area contributed by atoms with Crippen LogP contribution in [0.1, 0.15) is 50.0 Å². The zero-order valence-electron chi connectivity index (χ0n) is 17.0. The lowest BCUT2D eigenvalue weighted by molar-refractivity contribution is 0.395. The van der Waals surface area contributed by atoms with Crippen LogP contribution in [0.5, 0.6) is 0 Å². The number of nitrogens with two attached hydrogens (primary N) is 2. The Morgan fingerprint density at radius 3 is 2.23 bits per heavy atom. The maximum Gasteiger partial charge on any atom is 0.240 e. The molecule has 6 N–H and O–H groups in total. The number of hydrogen-bond acceptors (Lipinski definition) is 9. The first-order valence-corrected chi connectivity index (χ1v) is 13.4. The van der Waals surface area contributed by atoms with Crippen molar-refractivity contribution in [2.45, 2.75) is 65.5 Å². The quantitative estimate of drug-likeness (QED) is 0.468. The van der Waals surface area contributed by atoms with Gasteiger partial charge in [-0.2, -0.15) is 0 Å². The van der Waals surface area contributed by atoms with Crippen LogP contribution in [0.2, 0.25) is 0 Å². The van der Waals surface area contributed by atoms with Gasteiger partial charge in [-0.3, -0.25) is 0 Å². The fourth-order valence-corrected chi connectivity index (χ4v) is 8.03. The minimum atomic E-state index is -4.42. The van der Waals surface area contributed by atoms with Crippen LogP contribution in [0.4, 0.5) is 0 Å². The number of rotatable bonds is 5. The summed E-state index contributed by atoms with van der Waals surface area (Å²) < 4.78 is 52.5. The molecule has 13 heteroatoms. The number of sulfone groups is 1. The van der Waals surface area contributed by atoms with Crippen LogP contribution in [-0.4, -0.2) is 61.8 Å². The summed E-state index contributed by atoms with van der Waals surface area (Å²) in [5.41, 5.74) is 6.84. The van der Waals surface area contributed by atoms with Crippen LogP contribution in [0.3, 0.4) is 0 Å². The Balaban J connectivity index is 1.95. The monoisotopic (exact) mass is 469 g/mol. The first kappa shape index (κ1) is 22.3. The highest BCUT2D eigenvalue weighted by Crippen LogP contribution is 2.42. The summed E-state index contributed by atoms with van der Waals surface area (Å²) in [7, 11) is -8.37. The highest BCUT2D eigenvalue weighted by atomic mass is 32.2. The van der Waals surface area contributed by atoms with Crippen molar-refractivity contribution in [1.82, 2.24) is 25.9 Å². The predicted molar refractivity (Wildman–Crippen MR) is 113 cm³/mol. The molecule has 2 aliphatic rings. The number of aromatic nitrogens is 4. The van der Waals surface area contributed by atoms with Crippen molar-refractivity contribution in [2.24, 2.45) is 10.9 Å². The predicted octanol–water partition coefficient (Wildman–Crippen LogP) is 0.0247. The Morgan fingerprint density at radius 2 is 1.65 bits per heavy atom. The molecular formula is C18H27N7O4S2. The number of hydrogen-bond donors (Lipinski definition) is 4. The summed E-state index contributed by atoms with van der Waals surface area (Å²) in [5, 5.41) is 21.7. The van der Waals surface area contributed by atoms with Crippen molar-refractivity contribution < 1.29 is 16.8 Å². The number of nitrogens with one attached hydrogen (secondary N) is 2. The number of H-pyrrole nitrogens is 1. The molecule has 0 radical (unpaired) electrons. The van der Waals surface area contributed by atoms with Gasteiger partial charge in [0.05, 0.1) is 10.1 Å². The number of tetrazole rings is 1. The van der Waals surface area contributed by atoms with Gasteiger partial charge in [-0.15, -0.1) is 5.10 Å². The van der Waals surface area contributed by atoms with Crippen LogP contribution in [-0.2, 0) is 19.9 Å². The van der Waals surface area contributed by atoms with E-state index in [0.29, 0.717) is 31.5 Å². The Kier molecular flexibility index (Phi) is 6.14. The maximum atomic E-state index is 13.5. The van der Waals surface area contributed by atoms with Crippen LogP contribution in [0, 0.1) is 0 Å². The molecule has 0 bridgehead atoms. The molecule has 2 heterocycles. The summed E-state index contributed by atoms with van der Waals surface area (Å²) in [6.45, 7) is 1.10. The summed E-state index contributed by atoms with van der Waals surface area (Å²) in [4.78, 5) is -0.721. The lowest BCUT2D eigenvalue weighted by Gasteiger charge is -2.29. The summed E-state index contributed by atoms with van der Waals surface area (Å²) in [6, 6.07) is 3.17. The zero-order chi connectivity index (χ0) is 22.2. The van der Waals surface area contributed by atoms with Crippen molar-refractivity contribution in [3.63, 3.8) is 0 Å². The van der Waals surface area contributed by atoms with Crippen LogP contribution in [0.25, 0.3) is 11.4 Å². The van der Waals surface area contributed by atoms with E-state index < -0.39 is 30.0 Å². The normalized spacial score (nSPS) is 23.7. The van der Waals surface area contributed by atoms with E-state index >= 15 is 0 Å². The number of aromatic amines is 1. The van der Waals surface area contributed by atoms with E-state index in [1.54, 1.807) is 6.07 Å². The van der Waals surface area contributed by atoms with Gasteiger partial charge in [0.1, 0.15) is 4.90 Å². The average molecular weight is 470 g/mol. The van der Waals surface area contributed by atoms with Crippen molar-refractivity contribution in [3.8, 4) is 11.4 Å². The third-order valence-corrected chi connectivity index (χ3v) is 9.69. The topological polar surface area (TPSA) is 187 Å². The molecule has 170 valence electrons. The number of benzene rings is 1. The fraction of sp³-hybridized carbons (Fsp3) is 0.611. The highest BCUT2D eigenvalue weighted by Gasteiger charge is 2.37. The standard InChI is InChI=1S/C18H27N7O4S2/c19-12-3-1-11(2-4-12)14-5-6-15(30(26,27)13-7-9-21-10-8-13)17(31(20,28)29)16(14)18-22-24-25-23-18/h5-6,11-13,21H,1-4,7-10,19H2,(H2,20,28,29)(H,22,23,24,25)/t11-,12+. The summed E-state index contributed by atoms with van der Waals surface area (Å²) in [5.74, 6) is 0.0762. The lowest BCUT2D eigenvalue weighted by atomic mass is 9.80. The molecule has 2 aromatic rings. The first-order chi connectivity index (χ1) is 14.7. The molecule has 0 atom stereocenters. The molecule has 11 nitrogen and oxygen atoms in total.